The zero-order valence-electron chi connectivity index (χ0n) is 25.7. The van der Waals surface area contributed by atoms with Gasteiger partial charge in [-0.05, 0) is 79.6 Å². The number of carbonyl (C=O) groups excluding carboxylic acids is 2. The number of nitrogens with one attached hydrogen (secondary N) is 1. The Morgan fingerprint density at radius 2 is 1.65 bits per heavy atom. The van der Waals surface area contributed by atoms with Crippen molar-refractivity contribution in [2.24, 2.45) is 11.8 Å². The number of urea groups is 1. The van der Waals surface area contributed by atoms with Gasteiger partial charge in [-0.25, -0.2) is 22.4 Å². The third-order valence-electron chi connectivity index (χ3n) is 8.90. The van der Waals surface area contributed by atoms with E-state index < -0.39 is 29.2 Å². The lowest BCUT2D eigenvalue weighted by Crippen LogP contribution is -2.50. The summed E-state index contributed by atoms with van der Waals surface area (Å²) in [4.78, 5) is 31.4. The number of benzene rings is 3. The fourth-order valence-electron chi connectivity index (χ4n) is 6.19. The number of hydrogen-bond donors (Lipinski definition) is 1. The Morgan fingerprint density at radius 1 is 0.935 bits per heavy atom. The summed E-state index contributed by atoms with van der Waals surface area (Å²) in [6.45, 7) is 6.75. The van der Waals surface area contributed by atoms with Crippen molar-refractivity contribution >= 4 is 29.2 Å². The number of ether oxygens (including phenoxy) is 1. The summed E-state index contributed by atoms with van der Waals surface area (Å²) in [5.74, 6) is -3.58. The minimum Gasteiger partial charge on any atom is -0.483 e. The molecule has 7 nitrogen and oxygen atoms in total. The van der Waals surface area contributed by atoms with Crippen LogP contribution in [0.5, 0.6) is 5.75 Å². The van der Waals surface area contributed by atoms with Gasteiger partial charge in [0.2, 0.25) is 0 Å². The van der Waals surface area contributed by atoms with Gasteiger partial charge in [-0.3, -0.25) is 9.69 Å². The van der Waals surface area contributed by atoms with Crippen LogP contribution in [0, 0.1) is 35.1 Å². The third-order valence-corrected chi connectivity index (χ3v) is 9.14. The van der Waals surface area contributed by atoms with E-state index in [1.807, 2.05) is 24.0 Å². The van der Waals surface area contributed by atoms with Gasteiger partial charge >= 0.3 is 6.03 Å². The van der Waals surface area contributed by atoms with Crippen LogP contribution in [-0.2, 0) is 17.8 Å². The topological polar surface area (TPSA) is 65.1 Å². The number of halogens is 5. The van der Waals surface area contributed by atoms with Gasteiger partial charge in [-0.15, -0.1) is 0 Å². The molecule has 2 saturated heterocycles. The molecule has 0 aliphatic carbocycles. The number of piperazine rings is 1. The maximum Gasteiger partial charge on any atom is 0.322 e. The molecular weight excluding hydrogens is 624 g/mol. The molecule has 2 heterocycles. The first kappa shape index (κ1) is 33.5. The Kier molecular flexibility index (Phi) is 10.7. The zero-order valence-corrected chi connectivity index (χ0v) is 26.5. The van der Waals surface area contributed by atoms with Crippen molar-refractivity contribution in [1.82, 2.24) is 14.7 Å². The Morgan fingerprint density at radius 3 is 2.37 bits per heavy atom. The first-order valence-electron chi connectivity index (χ1n) is 15.4. The van der Waals surface area contributed by atoms with Crippen LogP contribution in [0.25, 0.3) is 0 Å². The van der Waals surface area contributed by atoms with Crippen LogP contribution in [0.4, 0.5) is 28.0 Å². The van der Waals surface area contributed by atoms with Crippen LogP contribution >= 0.6 is 11.6 Å². The van der Waals surface area contributed by atoms with Crippen LogP contribution in [0.2, 0.25) is 5.02 Å². The summed E-state index contributed by atoms with van der Waals surface area (Å²) >= 11 is 6.30. The number of anilines is 1. The normalized spacial score (nSPS) is 20.5. The molecular formula is C34H37ClF4N4O3. The molecule has 3 amide bonds. The van der Waals surface area contributed by atoms with Crippen molar-refractivity contribution in [1.29, 1.82) is 0 Å². The van der Waals surface area contributed by atoms with Gasteiger partial charge in [0.1, 0.15) is 11.6 Å². The van der Waals surface area contributed by atoms with Gasteiger partial charge in [-0.1, -0.05) is 30.7 Å². The highest BCUT2D eigenvalue weighted by Crippen LogP contribution is 2.31. The molecule has 46 heavy (non-hydrogen) atoms. The highest BCUT2D eigenvalue weighted by molar-refractivity contribution is 6.30. The maximum absolute atomic E-state index is 14.0. The molecule has 1 N–H and O–H groups in total. The van der Waals surface area contributed by atoms with E-state index >= 15 is 0 Å². The maximum atomic E-state index is 14.0. The molecule has 12 heteroatoms. The molecule has 3 aromatic carbocycles. The molecule has 0 spiro atoms. The molecule has 5 rings (SSSR count). The lowest BCUT2D eigenvalue weighted by atomic mass is 9.79. The second-order valence-corrected chi connectivity index (χ2v) is 12.6. The summed E-state index contributed by atoms with van der Waals surface area (Å²) in [6.07, 6.45) is 1.68. The standard InChI is InChI=1S/C34H37ClF4N4O3/c1-21-18-43(22(2)15-24(21)16-23-3-6-27(36)7-4-23)31(44)20-46-30-10-5-26(35)17-25(30)19-41-11-13-42(14-12-41)34(45)40-29-9-8-28(37)32(38)33(29)39/h3-10,17,21-22,24H,11-16,18-20H2,1-2H3,(H,40,45). The van der Waals surface area contributed by atoms with Gasteiger partial charge in [0, 0.05) is 55.9 Å². The minimum atomic E-state index is -1.64. The van der Waals surface area contributed by atoms with Crippen LogP contribution in [0.1, 0.15) is 31.4 Å². The molecule has 2 fully saturated rings. The first-order chi connectivity index (χ1) is 22.0. The van der Waals surface area contributed by atoms with Crippen molar-refractivity contribution in [2.45, 2.75) is 39.3 Å². The van der Waals surface area contributed by atoms with Gasteiger partial charge in [0.25, 0.3) is 5.91 Å². The Bertz CT molecular complexity index is 1550. The number of piperidine rings is 1. The SMILES string of the molecule is CC1CN(C(=O)COc2ccc(Cl)cc2CN2CCN(C(=O)Nc3ccc(F)c(F)c3F)CC2)C(C)CC1Cc1ccc(F)cc1. The predicted octanol–water partition coefficient (Wildman–Crippen LogP) is 6.74. The second-order valence-electron chi connectivity index (χ2n) is 12.2. The van der Waals surface area contributed by atoms with E-state index in [1.54, 1.807) is 18.2 Å². The molecule has 246 valence electrons. The second kappa shape index (κ2) is 14.7. The van der Waals surface area contributed by atoms with Gasteiger partial charge in [0.15, 0.2) is 24.1 Å². The smallest absolute Gasteiger partial charge is 0.322 e. The number of hydrogen-bond acceptors (Lipinski definition) is 4. The highest BCUT2D eigenvalue weighted by atomic mass is 35.5. The monoisotopic (exact) mass is 660 g/mol. The van der Waals surface area contributed by atoms with Crippen LogP contribution in [0.3, 0.4) is 0 Å². The quantitative estimate of drug-likeness (QED) is 0.215. The largest absolute Gasteiger partial charge is 0.483 e. The predicted molar refractivity (Wildman–Crippen MR) is 168 cm³/mol. The summed E-state index contributed by atoms with van der Waals surface area (Å²) in [7, 11) is 0. The summed E-state index contributed by atoms with van der Waals surface area (Å²) in [5, 5.41) is 2.82. The van der Waals surface area contributed by atoms with Crippen LogP contribution in [0.15, 0.2) is 54.6 Å². The van der Waals surface area contributed by atoms with E-state index in [9.17, 15) is 27.2 Å². The highest BCUT2D eigenvalue weighted by Gasteiger charge is 2.34. The van der Waals surface area contributed by atoms with E-state index in [0.717, 1.165) is 36.1 Å². The van der Waals surface area contributed by atoms with Gasteiger partial charge in [0.05, 0.1) is 5.69 Å². The molecule has 3 unspecified atom stereocenters. The van der Waals surface area contributed by atoms with Crippen molar-refractivity contribution in [3.63, 3.8) is 0 Å². The van der Waals surface area contributed by atoms with E-state index in [-0.39, 0.29) is 30.3 Å². The molecule has 0 aromatic heterocycles. The molecule has 2 aliphatic heterocycles. The minimum absolute atomic E-state index is 0.0366. The fraction of sp³-hybridized carbons (Fsp3) is 0.412. The number of likely N-dealkylation sites (tertiary alicyclic amines) is 1. The Hall–Kier alpha value is -3.83. The van der Waals surface area contributed by atoms with Gasteiger partial charge in [-0.2, -0.15) is 0 Å². The number of nitrogens with zero attached hydrogens (tertiary/aromatic N) is 3. The summed E-state index contributed by atoms with van der Waals surface area (Å²) in [5.41, 5.74) is 1.45. The average Bonchev–Trinajstić information content (AvgIpc) is 3.03. The lowest BCUT2D eigenvalue weighted by molar-refractivity contribution is -0.138. The number of rotatable bonds is 8. The first-order valence-corrected chi connectivity index (χ1v) is 15.7. The molecule has 3 aromatic rings. The fourth-order valence-corrected chi connectivity index (χ4v) is 6.39. The van der Waals surface area contributed by atoms with Crippen LogP contribution in [-0.4, -0.2) is 72.0 Å². The van der Waals surface area contributed by atoms with Crippen molar-refractivity contribution in [2.75, 3.05) is 44.6 Å². The number of amides is 3. The molecule has 0 saturated carbocycles. The van der Waals surface area contributed by atoms with E-state index in [0.29, 0.717) is 56.0 Å². The molecule has 2 aliphatic rings. The van der Waals surface area contributed by atoms with Crippen molar-refractivity contribution in [3.8, 4) is 5.75 Å². The van der Waals surface area contributed by atoms with Gasteiger partial charge < -0.3 is 19.9 Å². The Labute approximate surface area is 271 Å². The number of carbonyl (C=O) groups is 2. The zero-order chi connectivity index (χ0) is 33.0. The average molecular weight is 661 g/mol. The third kappa shape index (κ3) is 8.11. The Balaban J connectivity index is 1.12. The van der Waals surface area contributed by atoms with Crippen molar-refractivity contribution < 1.29 is 31.9 Å². The van der Waals surface area contributed by atoms with Crippen molar-refractivity contribution in [3.05, 3.63) is 94.0 Å². The molecule has 0 bridgehead atoms. The van der Waals surface area contributed by atoms with E-state index in [2.05, 4.69) is 17.1 Å². The van der Waals surface area contributed by atoms with E-state index in [1.165, 1.54) is 17.0 Å². The summed E-state index contributed by atoms with van der Waals surface area (Å²) < 4.78 is 60.1. The lowest BCUT2D eigenvalue weighted by Gasteiger charge is -2.42. The van der Waals surface area contributed by atoms with Crippen LogP contribution < -0.4 is 10.1 Å². The van der Waals surface area contributed by atoms with E-state index in [4.69, 9.17) is 16.3 Å². The summed E-state index contributed by atoms with van der Waals surface area (Å²) in [6, 6.07) is 13.0. The molecule has 0 radical (unpaired) electrons. The molecule has 3 atom stereocenters.